The third kappa shape index (κ3) is 5.42. The average molecular weight is 434 g/mol. The molecule has 0 unspecified atom stereocenters. The van der Waals surface area contributed by atoms with Crippen LogP contribution in [0.5, 0.6) is 0 Å². The van der Waals surface area contributed by atoms with E-state index in [1.807, 2.05) is 6.07 Å². The van der Waals surface area contributed by atoms with Crippen molar-refractivity contribution in [3.8, 4) is 0 Å². The number of benzene rings is 2. The fraction of sp³-hybridized carbons (Fsp3) is 0.280. The molecule has 3 aromatic rings. The predicted octanol–water partition coefficient (Wildman–Crippen LogP) is 4.48. The molecule has 1 amide bonds. The number of aromatic nitrogens is 1. The van der Waals surface area contributed by atoms with Crippen molar-refractivity contribution >= 4 is 23.1 Å². The van der Waals surface area contributed by atoms with Crippen molar-refractivity contribution in [2.75, 3.05) is 30.8 Å². The molecule has 2 heterocycles. The molecule has 1 aromatic heterocycles. The van der Waals surface area contributed by atoms with Crippen LogP contribution in [0.15, 0.2) is 60.8 Å². The van der Waals surface area contributed by atoms with Crippen molar-refractivity contribution in [2.24, 2.45) is 5.73 Å². The molecule has 6 nitrogen and oxygen atoms in total. The van der Waals surface area contributed by atoms with Crippen molar-refractivity contribution in [3.05, 3.63) is 83.3 Å². The fourth-order valence-corrected chi connectivity index (χ4v) is 4.04. The number of carbonyl (C=O) groups excluding carboxylic acids is 1. The van der Waals surface area contributed by atoms with E-state index in [1.165, 1.54) is 36.7 Å². The lowest BCUT2D eigenvalue weighted by Crippen LogP contribution is -2.29. The van der Waals surface area contributed by atoms with Crippen molar-refractivity contribution in [1.29, 1.82) is 0 Å². The smallest absolute Gasteiger partial charge is 0.252 e. The third-order valence-corrected chi connectivity index (χ3v) is 5.91. The molecule has 1 aliphatic rings. The van der Waals surface area contributed by atoms with Gasteiger partial charge in [-0.25, -0.2) is 9.37 Å². The molecule has 2 aromatic carbocycles. The van der Waals surface area contributed by atoms with Gasteiger partial charge >= 0.3 is 0 Å². The van der Waals surface area contributed by atoms with E-state index in [4.69, 9.17) is 5.73 Å². The summed E-state index contributed by atoms with van der Waals surface area (Å²) in [5.41, 5.74) is 9.36. The standard InChI is InChI=1S/C25H28FN5O/c1-31-11-9-19(10-12-31)18-5-7-21(8-6-18)30-24-14-23(22(16-29-24)25(27)32)28-15-17-3-2-4-20(26)13-17/h2-8,13-14,16,19H,9-12,15H2,1H3,(H2,27,32)(H2,28,29,30). The minimum Gasteiger partial charge on any atom is -0.380 e. The third-order valence-electron chi connectivity index (χ3n) is 5.91. The zero-order valence-electron chi connectivity index (χ0n) is 18.1. The van der Waals surface area contributed by atoms with Crippen LogP contribution in [0, 0.1) is 5.82 Å². The molecule has 166 valence electrons. The number of halogens is 1. The van der Waals surface area contributed by atoms with Crippen LogP contribution in [-0.4, -0.2) is 35.9 Å². The lowest BCUT2D eigenvalue weighted by molar-refractivity contribution is 0.100. The van der Waals surface area contributed by atoms with E-state index in [2.05, 4.69) is 51.8 Å². The maximum Gasteiger partial charge on any atom is 0.252 e. The molecule has 0 atom stereocenters. The van der Waals surface area contributed by atoms with Crippen molar-refractivity contribution in [1.82, 2.24) is 9.88 Å². The molecule has 0 radical (unpaired) electrons. The van der Waals surface area contributed by atoms with Crippen LogP contribution in [0.1, 0.15) is 40.2 Å². The lowest BCUT2D eigenvalue weighted by atomic mass is 9.89. The average Bonchev–Trinajstić information content (AvgIpc) is 2.79. The van der Waals surface area contributed by atoms with E-state index in [0.29, 0.717) is 24.0 Å². The Balaban J connectivity index is 1.46. The van der Waals surface area contributed by atoms with Gasteiger partial charge in [0.1, 0.15) is 11.6 Å². The molecule has 7 heteroatoms. The van der Waals surface area contributed by atoms with Gasteiger partial charge in [0.2, 0.25) is 0 Å². The lowest BCUT2D eigenvalue weighted by Gasteiger charge is -2.29. The quantitative estimate of drug-likeness (QED) is 0.512. The number of nitrogens with one attached hydrogen (secondary N) is 2. The summed E-state index contributed by atoms with van der Waals surface area (Å²) in [5.74, 6) is 0.309. The number of piperidine rings is 1. The van der Waals surface area contributed by atoms with Crippen LogP contribution in [0.25, 0.3) is 0 Å². The molecule has 32 heavy (non-hydrogen) atoms. The zero-order valence-corrected chi connectivity index (χ0v) is 18.1. The van der Waals surface area contributed by atoms with Crippen LogP contribution < -0.4 is 16.4 Å². The second-order valence-electron chi connectivity index (χ2n) is 8.29. The Labute approximate surface area is 187 Å². The number of hydrogen-bond acceptors (Lipinski definition) is 5. The number of primary amides is 1. The second kappa shape index (κ2) is 9.78. The SMILES string of the molecule is CN1CCC(c2ccc(Nc3cc(NCc4cccc(F)c4)c(C(N)=O)cn3)cc2)CC1. The van der Waals surface area contributed by atoms with Crippen LogP contribution in [0.4, 0.5) is 21.6 Å². The Hall–Kier alpha value is -3.45. The largest absolute Gasteiger partial charge is 0.380 e. The highest BCUT2D eigenvalue weighted by Gasteiger charge is 2.18. The molecule has 1 fully saturated rings. The van der Waals surface area contributed by atoms with Gasteiger partial charge < -0.3 is 21.3 Å². The minimum atomic E-state index is -0.576. The van der Waals surface area contributed by atoms with E-state index < -0.39 is 5.91 Å². The monoisotopic (exact) mass is 433 g/mol. The van der Waals surface area contributed by atoms with E-state index in [0.717, 1.165) is 24.3 Å². The molecule has 0 aliphatic carbocycles. The van der Waals surface area contributed by atoms with Gasteiger partial charge in [-0.3, -0.25) is 4.79 Å². The van der Waals surface area contributed by atoms with Crippen LogP contribution >= 0.6 is 0 Å². The number of pyridine rings is 1. The molecule has 1 aliphatic heterocycles. The Kier molecular flexibility index (Phi) is 6.66. The molecule has 0 spiro atoms. The Morgan fingerprint density at radius 2 is 1.91 bits per heavy atom. The number of nitrogens with two attached hydrogens (primary N) is 1. The van der Waals surface area contributed by atoms with Crippen LogP contribution in [0.2, 0.25) is 0 Å². The highest BCUT2D eigenvalue weighted by molar-refractivity contribution is 5.98. The van der Waals surface area contributed by atoms with E-state index in [1.54, 1.807) is 12.1 Å². The van der Waals surface area contributed by atoms with Gasteiger partial charge in [0.15, 0.2) is 0 Å². The van der Waals surface area contributed by atoms with Gasteiger partial charge in [0.05, 0.1) is 11.3 Å². The molecule has 0 bridgehead atoms. The maximum atomic E-state index is 13.4. The van der Waals surface area contributed by atoms with Crippen molar-refractivity contribution < 1.29 is 9.18 Å². The first kappa shape index (κ1) is 21.8. The number of anilines is 3. The van der Waals surface area contributed by atoms with E-state index in [-0.39, 0.29) is 11.4 Å². The maximum absolute atomic E-state index is 13.4. The Bertz CT molecular complexity index is 1080. The molecular formula is C25H28FN5O. The number of nitrogens with zero attached hydrogens (tertiary/aromatic N) is 2. The molecular weight excluding hydrogens is 405 g/mol. The summed E-state index contributed by atoms with van der Waals surface area (Å²) >= 11 is 0. The van der Waals surface area contributed by atoms with E-state index >= 15 is 0 Å². The minimum absolute atomic E-state index is 0.282. The van der Waals surface area contributed by atoms with Gasteiger partial charge in [-0.15, -0.1) is 0 Å². The summed E-state index contributed by atoms with van der Waals surface area (Å²) in [4.78, 5) is 18.5. The molecule has 4 N–H and O–H groups in total. The molecule has 4 rings (SSSR count). The summed E-state index contributed by atoms with van der Waals surface area (Å²) in [6, 6.07) is 16.5. The van der Waals surface area contributed by atoms with Gasteiger partial charge in [-0.1, -0.05) is 24.3 Å². The first-order chi connectivity index (χ1) is 15.5. The number of amides is 1. The number of rotatable bonds is 7. The fourth-order valence-electron chi connectivity index (χ4n) is 4.04. The van der Waals surface area contributed by atoms with Gasteiger partial charge in [-0.2, -0.15) is 0 Å². The first-order valence-electron chi connectivity index (χ1n) is 10.8. The highest BCUT2D eigenvalue weighted by Crippen LogP contribution is 2.29. The van der Waals surface area contributed by atoms with Crippen molar-refractivity contribution in [3.63, 3.8) is 0 Å². The zero-order chi connectivity index (χ0) is 22.5. The summed E-state index contributed by atoms with van der Waals surface area (Å²) in [6.45, 7) is 2.62. The number of carbonyl (C=O) groups is 1. The summed E-state index contributed by atoms with van der Waals surface area (Å²) < 4.78 is 13.4. The van der Waals surface area contributed by atoms with E-state index in [9.17, 15) is 9.18 Å². The number of likely N-dealkylation sites (tertiary alicyclic amines) is 1. The van der Waals surface area contributed by atoms with Crippen molar-refractivity contribution in [2.45, 2.75) is 25.3 Å². The first-order valence-corrected chi connectivity index (χ1v) is 10.8. The Morgan fingerprint density at radius 3 is 2.59 bits per heavy atom. The van der Waals surface area contributed by atoms with Crippen LogP contribution in [0.3, 0.4) is 0 Å². The van der Waals surface area contributed by atoms with Gasteiger partial charge in [0, 0.05) is 24.5 Å². The highest BCUT2D eigenvalue weighted by atomic mass is 19.1. The normalized spacial score (nSPS) is 14.8. The summed E-state index contributed by atoms with van der Waals surface area (Å²) in [5, 5.41) is 6.45. The summed E-state index contributed by atoms with van der Waals surface area (Å²) in [7, 11) is 2.17. The summed E-state index contributed by atoms with van der Waals surface area (Å²) in [6.07, 6.45) is 3.81. The van der Waals surface area contributed by atoms with Gasteiger partial charge in [0.25, 0.3) is 5.91 Å². The number of hydrogen-bond donors (Lipinski definition) is 3. The topological polar surface area (TPSA) is 83.3 Å². The van der Waals surface area contributed by atoms with Gasteiger partial charge in [-0.05, 0) is 74.3 Å². The molecule has 1 saturated heterocycles. The molecule has 0 saturated carbocycles. The second-order valence-corrected chi connectivity index (χ2v) is 8.29. The Morgan fingerprint density at radius 1 is 1.16 bits per heavy atom. The van der Waals surface area contributed by atoms with Crippen LogP contribution in [-0.2, 0) is 6.54 Å². The predicted molar refractivity (Wildman–Crippen MR) is 126 cm³/mol.